The number of rotatable bonds is 6. The lowest BCUT2D eigenvalue weighted by atomic mass is 10.1. The summed E-state index contributed by atoms with van der Waals surface area (Å²) in [4.78, 5) is 12.0. The van der Waals surface area contributed by atoms with Gasteiger partial charge in [0.15, 0.2) is 0 Å². The van der Waals surface area contributed by atoms with Crippen LogP contribution in [0.3, 0.4) is 0 Å². The Labute approximate surface area is 132 Å². The van der Waals surface area contributed by atoms with E-state index in [1.807, 2.05) is 37.3 Å². The first kappa shape index (κ1) is 16.6. The van der Waals surface area contributed by atoms with E-state index >= 15 is 0 Å². The molecule has 1 fully saturated rings. The van der Waals surface area contributed by atoms with Gasteiger partial charge >= 0.3 is 0 Å². The zero-order valence-corrected chi connectivity index (χ0v) is 13.4. The van der Waals surface area contributed by atoms with Gasteiger partial charge in [0.2, 0.25) is 5.91 Å². The molecule has 0 bridgehead atoms. The average molecular weight is 303 g/mol. The molecule has 0 spiro atoms. The summed E-state index contributed by atoms with van der Waals surface area (Å²) >= 11 is 0. The number of carbonyl (C=O) groups is 1. The molecule has 1 aromatic rings. The van der Waals surface area contributed by atoms with Crippen LogP contribution in [0.15, 0.2) is 30.3 Å². The third-order valence-corrected chi connectivity index (χ3v) is 3.80. The Bertz CT molecular complexity index is 507. The highest BCUT2D eigenvalue weighted by Gasteiger charge is 2.14. The third kappa shape index (κ3) is 5.19. The predicted molar refractivity (Wildman–Crippen MR) is 87.8 cm³/mol. The SMILES string of the molecule is CCC(C)Oc1ccccc1C=CC(=O)NC1CCOCC1. The van der Waals surface area contributed by atoms with E-state index in [1.165, 1.54) is 0 Å². The molecule has 0 saturated carbocycles. The lowest BCUT2D eigenvalue weighted by molar-refractivity contribution is -0.117. The van der Waals surface area contributed by atoms with Crippen molar-refractivity contribution < 1.29 is 14.3 Å². The summed E-state index contributed by atoms with van der Waals surface area (Å²) in [6, 6.07) is 7.99. The highest BCUT2D eigenvalue weighted by molar-refractivity contribution is 5.92. The van der Waals surface area contributed by atoms with Gasteiger partial charge in [-0.3, -0.25) is 4.79 Å². The van der Waals surface area contributed by atoms with Crippen LogP contribution < -0.4 is 10.1 Å². The Morgan fingerprint density at radius 1 is 1.41 bits per heavy atom. The fourth-order valence-electron chi connectivity index (χ4n) is 2.28. The zero-order valence-electron chi connectivity index (χ0n) is 13.4. The number of para-hydroxylation sites is 1. The topological polar surface area (TPSA) is 47.6 Å². The highest BCUT2D eigenvalue weighted by atomic mass is 16.5. The van der Waals surface area contributed by atoms with Crippen LogP contribution in [0.2, 0.25) is 0 Å². The first-order valence-corrected chi connectivity index (χ1v) is 8.01. The summed E-state index contributed by atoms with van der Waals surface area (Å²) in [5.41, 5.74) is 0.921. The van der Waals surface area contributed by atoms with E-state index in [1.54, 1.807) is 6.08 Å². The van der Waals surface area contributed by atoms with Crippen LogP contribution in [0.1, 0.15) is 38.7 Å². The maximum absolute atomic E-state index is 12.0. The molecule has 4 nitrogen and oxygen atoms in total. The van der Waals surface area contributed by atoms with Gasteiger partial charge in [0, 0.05) is 30.9 Å². The minimum atomic E-state index is -0.0646. The number of ether oxygens (including phenoxy) is 2. The van der Waals surface area contributed by atoms with E-state index < -0.39 is 0 Å². The van der Waals surface area contributed by atoms with Crippen LogP contribution in [0, 0.1) is 0 Å². The maximum Gasteiger partial charge on any atom is 0.244 e. The minimum Gasteiger partial charge on any atom is -0.490 e. The molecule has 0 aliphatic carbocycles. The van der Waals surface area contributed by atoms with Gasteiger partial charge in [-0.15, -0.1) is 0 Å². The maximum atomic E-state index is 12.0. The van der Waals surface area contributed by atoms with Gasteiger partial charge in [-0.05, 0) is 38.3 Å². The van der Waals surface area contributed by atoms with Crippen molar-refractivity contribution in [1.29, 1.82) is 0 Å². The molecule has 1 heterocycles. The van der Waals surface area contributed by atoms with E-state index in [9.17, 15) is 4.79 Å². The van der Waals surface area contributed by atoms with E-state index in [-0.39, 0.29) is 18.1 Å². The summed E-state index contributed by atoms with van der Waals surface area (Å²) in [7, 11) is 0. The van der Waals surface area contributed by atoms with E-state index in [2.05, 4.69) is 12.2 Å². The Morgan fingerprint density at radius 3 is 2.86 bits per heavy atom. The Balaban J connectivity index is 1.95. The van der Waals surface area contributed by atoms with Crippen LogP contribution in [0.25, 0.3) is 6.08 Å². The summed E-state index contributed by atoms with van der Waals surface area (Å²) in [5, 5.41) is 3.01. The molecule has 4 heteroatoms. The standard InChI is InChI=1S/C18H25NO3/c1-3-14(2)22-17-7-5-4-6-15(17)8-9-18(20)19-16-10-12-21-13-11-16/h4-9,14,16H,3,10-13H2,1-2H3,(H,19,20). The molecule has 1 aliphatic rings. The average Bonchev–Trinajstić information content (AvgIpc) is 2.55. The lowest BCUT2D eigenvalue weighted by Gasteiger charge is -2.22. The molecule has 1 aromatic carbocycles. The van der Waals surface area contributed by atoms with Crippen molar-refractivity contribution in [3.8, 4) is 5.75 Å². The van der Waals surface area contributed by atoms with Crippen LogP contribution in [-0.4, -0.2) is 31.3 Å². The van der Waals surface area contributed by atoms with Crippen molar-refractivity contribution in [3.05, 3.63) is 35.9 Å². The van der Waals surface area contributed by atoms with E-state index in [0.29, 0.717) is 0 Å². The predicted octanol–water partition coefficient (Wildman–Crippen LogP) is 3.17. The first-order chi connectivity index (χ1) is 10.7. The van der Waals surface area contributed by atoms with Gasteiger partial charge in [0.1, 0.15) is 5.75 Å². The Kier molecular flexibility index (Phi) is 6.46. The quantitative estimate of drug-likeness (QED) is 0.821. The first-order valence-electron chi connectivity index (χ1n) is 8.01. The molecular formula is C18H25NO3. The zero-order chi connectivity index (χ0) is 15.8. The van der Waals surface area contributed by atoms with Gasteiger partial charge in [-0.1, -0.05) is 25.1 Å². The van der Waals surface area contributed by atoms with E-state index in [4.69, 9.17) is 9.47 Å². The normalized spacial score (nSPS) is 17.4. The minimum absolute atomic E-state index is 0.0646. The van der Waals surface area contributed by atoms with Crippen molar-refractivity contribution in [2.75, 3.05) is 13.2 Å². The fraction of sp³-hybridized carbons (Fsp3) is 0.500. The summed E-state index contributed by atoms with van der Waals surface area (Å²) in [5.74, 6) is 0.747. The monoisotopic (exact) mass is 303 g/mol. The van der Waals surface area contributed by atoms with Gasteiger partial charge in [-0.2, -0.15) is 0 Å². The Hall–Kier alpha value is -1.81. The van der Waals surface area contributed by atoms with Gasteiger partial charge in [0.25, 0.3) is 0 Å². The van der Waals surface area contributed by atoms with Crippen LogP contribution in [-0.2, 0) is 9.53 Å². The molecule has 2 rings (SSSR count). The van der Waals surface area contributed by atoms with E-state index in [0.717, 1.165) is 43.8 Å². The second-order valence-corrected chi connectivity index (χ2v) is 5.60. The van der Waals surface area contributed by atoms with Crippen molar-refractivity contribution in [3.63, 3.8) is 0 Å². The number of hydrogen-bond acceptors (Lipinski definition) is 3. The molecule has 1 amide bonds. The highest BCUT2D eigenvalue weighted by Crippen LogP contribution is 2.21. The second kappa shape index (κ2) is 8.59. The number of carbonyl (C=O) groups excluding carboxylic acids is 1. The van der Waals surface area contributed by atoms with Gasteiger partial charge in [0.05, 0.1) is 6.10 Å². The molecular weight excluding hydrogens is 278 g/mol. The number of amides is 1. The van der Waals surface area contributed by atoms with Gasteiger partial charge < -0.3 is 14.8 Å². The molecule has 1 atom stereocenters. The lowest BCUT2D eigenvalue weighted by Crippen LogP contribution is -2.37. The largest absolute Gasteiger partial charge is 0.490 e. The summed E-state index contributed by atoms with van der Waals surface area (Å²) < 4.78 is 11.2. The van der Waals surface area contributed by atoms with Crippen LogP contribution in [0.5, 0.6) is 5.75 Å². The third-order valence-electron chi connectivity index (χ3n) is 3.80. The second-order valence-electron chi connectivity index (χ2n) is 5.60. The van der Waals surface area contributed by atoms with Crippen molar-refractivity contribution in [1.82, 2.24) is 5.32 Å². The molecule has 120 valence electrons. The molecule has 1 unspecified atom stereocenters. The molecule has 0 aromatic heterocycles. The number of nitrogens with one attached hydrogen (secondary N) is 1. The smallest absolute Gasteiger partial charge is 0.244 e. The molecule has 1 N–H and O–H groups in total. The Morgan fingerprint density at radius 2 is 2.14 bits per heavy atom. The number of benzene rings is 1. The van der Waals surface area contributed by atoms with Crippen molar-refractivity contribution in [2.24, 2.45) is 0 Å². The fourth-order valence-corrected chi connectivity index (χ4v) is 2.28. The van der Waals surface area contributed by atoms with Crippen LogP contribution in [0.4, 0.5) is 0 Å². The van der Waals surface area contributed by atoms with Crippen molar-refractivity contribution >= 4 is 12.0 Å². The number of hydrogen-bond donors (Lipinski definition) is 1. The summed E-state index contributed by atoms with van der Waals surface area (Å²) in [6.07, 6.45) is 6.26. The summed E-state index contributed by atoms with van der Waals surface area (Å²) in [6.45, 7) is 5.57. The molecule has 22 heavy (non-hydrogen) atoms. The van der Waals surface area contributed by atoms with Crippen molar-refractivity contribution in [2.45, 2.75) is 45.3 Å². The molecule has 1 saturated heterocycles. The van der Waals surface area contributed by atoms with Crippen LogP contribution >= 0.6 is 0 Å². The molecule has 0 radical (unpaired) electrons. The molecule has 1 aliphatic heterocycles. The van der Waals surface area contributed by atoms with Gasteiger partial charge in [-0.25, -0.2) is 0 Å².